The van der Waals surface area contributed by atoms with Gasteiger partial charge in [0.2, 0.25) is 0 Å². The Kier molecular flexibility index (Phi) is 6.11. The van der Waals surface area contributed by atoms with Crippen molar-refractivity contribution >= 4 is 6.21 Å². The SMILES string of the molecule is C=C\C=C(C)/C(CC)=C(/C=N\C)C(=C)N. The highest BCUT2D eigenvalue weighted by Crippen LogP contribution is 2.20. The van der Waals surface area contributed by atoms with Crippen molar-refractivity contribution in [2.24, 2.45) is 10.7 Å². The summed E-state index contributed by atoms with van der Waals surface area (Å²) in [5.74, 6) is 0. The normalized spacial score (nSPS) is 13.9. The van der Waals surface area contributed by atoms with E-state index >= 15 is 0 Å². The molecule has 2 nitrogen and oxygen atoms in total. The predicted octanol–water partition coefficient (Wildman–Crippen LogP) is 3.00. The summed E-state index contributed by atoms with van der Waals surface area (Å²) in [5.41, 5.74) is 9.51. The fourth-order valence-corrected chi connectivity index (χ4v) is 1.44. The van der Waals surface area contributed by atoms with Crippen LogP contribution in [0.25, 0.3) is 0 Å². The van der Waals surface area contributed by atoms with Crippen molar-refractivity contribution in [3.63, 3.8) is 0 Å². The minimum Gasteiger partial charge on any atom is -0.399 e. The van der Waals surface area contributed by atoms with Crippen LogP contribution in [0, 0.1) is 0 Å². The molecule has 0 aliphatic carbocycles. The highest BCUT2D eigenvalue weighted by molar-refractivity contribution is 5.86. The zero-order chi connectivity index (χ0) is 11.8. The molecule has 0 fully saturated rings. The van der Waals surface area contributed by atoms with E-state index in [0.29, 0.717) is 5.70 Å². The summed E-state index contributed by atoms with van der Waals surface area (Å²) in [4.78, 5) is 3.99. The molecule has 82 valence electrons. The number of hydrogen-bond donors (Lipinski definition) is 1. The van der Waals surface area contributed by atoms with Crippen LogP contribution in [0.4, 0.5) is 0 Å². The van der Waals surface area contributed by atoms with E-state index in [1.54, 1.807) is 19.3 Å². The molecule has 0 bridgehead atoms. The van der Waals surface area contributed by atoms with E-state index in [9.17, 15) is 0 Å². The zero-order valence-electron chi connectivity index (χ0n) is 9.88. The second-order valence-electron chi connectivity index (χ2n) is 3.24. The van der Waals surface area contributed by atoms with Gasteiger partial charge in [-0.2, -0.15) is 0 Å². The van der Waals surface area contributed by atoms with Gasteiger partial charge in [-0.25, -0.2) is 0 Å². The first-order valence-electron chi connectivity index (χ1n) is 4.98. The Morgan fingerprint density at radius 3 is 2.40 bits per heavy atom. The number of nitrogens with two attached hydrogens (primary N) is 1. The van der Waals surface area contributed by atoms with Crippen LogP contribution in [-0.4, -0.2) is 13.3 Å². The molecule has 0 rings (SSSR count). The average molecular weight is 204 g/mol. The summed E-state index contributed by atoms with van der Waals surface area (Å²) < 4.78 is 0. The number of rotatable bonds is 5. The summed E-state index contributed by atoms with van der Waals surface area (Å²) in [6, 6.07) is 0. The van der Waals surface area contributed by atoms with Gasteiger partial charge in [-0.05, 0) is 24.5 Å². The van der Waals surface area contributed by atoms with E-state index < -0.39 is 0 Å². The molecule has 0 atom stereocenters. The maximum atomic E-state index is 5.74. The van der Waals surface area contributed by atoms with Crippen LogP contribution in [0.3, 0.4) is 0 Å². The van der Waals surface area contributed by atoms with E-state index in [2.05, 4.69) is 25.1 Å². The summed E-state index contributed by atoms with van der Waals surface area (Å²) in [6.45, 7) is 11.6. The monoisotopic (exact) mass is 204 g/mol. The topological polar surface area (TPSA) is 38.4 Å². The molecule has 0 saturated carbocycles. The summed E-state index contributed by atoms with van der Waals surface area (Å²) in [5, 5.41) is 0. The van der Waals surface area contributed by atoms with Crippen LogP contribution in [0.5, 0.6) is 0 Å². The fraction of sp³-hybridized carbons (Fsp3) is 0.308. The van der Waals surface area contributed by atoms with Gasteiger partial charge in [0.1, 0.15) is 0 Å². The predicted molar refractivity (Wildman–Crippen MR) is 69.0 cm³/mol. The highest BCUT2D eigenvalue weighted by Gasteiger charge is 2.05. The third-order valence-electron chi connectivity index (χ3n) is 2.13. The lowest BCUT2D eigenvalue weighted by Gasteiger charge is -2.10. The molecular weight excluding hydrogens is 184 g/mol. The van der Waals surface area contributed by atoms with E-state index in [0.717, 1.165) is 23.1 Å². The molecule has 0 unspecified atom stereocenters. The van der Waals surface area contributed by atoms with Crippen molar-refractivity contribution in [2.45, 2.75) is 20.3 Å². The van der Waals surface area contributed by atoms with Crippen LogP contribution in [0.1, 0.15) is 20.3 Å². The Bertz CT molecular complexity index is 330. The molecule has 0 saturated heterocycles. The Morgan fingerprint density at radius 1 is 1.47 bits per heavy atom. The van der Waals surface area contributed by atoms with E-state index in [1.807, 2.05) is 13.0 Å². The minimum atomic E-state index is 0.550. The van der Waals surface area contributed by atoms with Gasteiger partial charge in [0.25, 0.3) is 0 Å². The summed E-state index contributed by atoms with van der Waals surface area (Å²) in [6.07, 6.45) is 6.38. The molecule has 0 aliphatic rings. The van der Waals surface area contributed by atoms with Crippen molar-refractivity contribution in [1.82, 2.24) is 0 Å². The largest absolute Gasteiger partial charge is 0.399 e. The van der Waals surface area contributed by atoms with Crippen LogP contribution in [-0.2, 0) is 0 Å². The molecular formula is C13H20N2. The van der Waals surface area contributed by atoms with Gasteiger partial charge < -0.3 is 5.73 Å². The quantitative estimate of drug-likeness (QED) is 0.542. The maximum Gasteiger partial charge on any atom is 0.0332 e. The average Bonchev–Trinajstić information content (AvgIpc) is 2.18. The lowest BCUT2D eigenvalue weighted by Crippen LogP contribution is -2.05. The molecule has 2 heteroatoms. The van der Waals surface area contributed by atoms with Gasteiger partial charge in [-0.1, -0.05) is 32.2 Å². The smallest absolute Gasteiger partial charge is 0.0332 e. The Morgan fingerprint density at radius 2 is 2.07 bits per heavy atom. The van der Waals surface area contributed by atoms with Gasteiger partial charge in [0, 0.05) is 24.5 Å². The van der Waals surface area contributed by atoms with E-state index in [4.69, 9.17) is 5.73 Å². The molecule has 0 aromatic heterocycles. The molecule has 0 radical (unpaired) electrons. The van der Waals surface area contributed by atoms with E-state index in [1.165, 1.54) is 0 Å². The second kappa shape index (κ2) is 6.82. The number of aliphatic imine (C=N–C) groups is 1. The van der Waals surface area contributed by atoms with Crippen LogP contribution < -0.4 is 5.73 Å². The first-order valence-corrected chi connectivity index (χ1v) is 4.98. The molecule has 0 heterocycles. The van der Waals surface area contributed by atoms with Gasteiger partial charge in [0.05, 0.1) is 0 Å². The molecule has 0 amide bonds. The van der Waals surface area contributed by atoms with Crippen LogP contribution >= 0.6 is 0 Å². The molecule has 0 aromatic rings. The molecule has 2 N–H and O–H groups in total. The Balaban J connectivity index is 5.51. The van der Waals surface area contributed by atoms with Crippen molar-refractivity contribution in [3.05, 3.63) is 47.7 Å². The van der Waals surface area contributed by atoms with Crippen LogP contribution in [0.15, 0.2) is 52.7 Å². The fourth-order valence-electron chi connectivity index (χ4n) is 1.44. The lowest BCUT2D eigenvalue weighted by molar-refractivity contribution is 1.08. The second-order valence-corrected chi connectivity index (χ2v) is 3.24. The Labute approximate surface area is 92.6 Å². The third-order valence-corrected chi connectivity index (χ3v) is 2.13. The first kappa shape index (κ1) is 13.4. The van der Waals surface area contributed by atoms with Gasteiger partial charge in [0.15, 0.2) is 0 Å². The lowest BCUT2D eigenvalue weighted by atomic mass is 9.97. The first-order chi connectivity index (χ1) is 7.08. The molecule has 0 aliphatic heterocycles. The number of allylic oxidation sites excluding steroid dienone is 5. The zero-order valence-corrected chi connectivity index (χ0v) is 9.88. The van der Waals surface area contributed by atoms with E-state index in [-0.39, 0.29) is 0 Å². The standard InChI is InChI=1S/C13H20N2/c1-6-8-10(3)12(7-2)13(9-15-5)11(4)14/h6,8-9H,1,4,7,14H2,2-3,5H3/b10-8-,13-12-,15-9-. The Hall–Kier alpha value is -1.57. The van der Waals surface area contributed by atoms with Gasteiger partial charge in [-0.15, -0.1) is 0 Å². The van der Waals surface area contributed by atoms with Crippen molar-refractivity contribution < 1.29 is 0 Å². The summed E-state index contributed by atoms with van der Waals surface area (Å²) in [7, 11) is 1.72. The van der Waals surface area contributed by atoms with Crippen molar-refractivity contribution in [3.8, 4) is 0 Å². The molecule has 0 spiro atoms. The van der Waals surface area contributed by atoms with Crippen LogP contribution in [0.2, 0.25) is 0 Å². The highest BCUT2D eigenvalue weighted by atomic mass is 14.7. The van der Waals surface area contributed by atoms with Crippen molar-refractivity contribution in [2.75, 3.05) is 7.05 Å². The maximum absolute atomic E-state index is 5.74. The summed E-state index contributed by atoms with van der Waals surface area (Å²) >= 11 is 0. The van der Waals surface area contributed by atoms with Crippen molar-refractivity contribution in [1.29, 1.82) is 0 Å². The number of nitrogens with zero attached hydrogens (tertiary/aromatic N) is 1. The molecule has 15 heavy (non-hydrogen) atoms. The van der Waals surface area contributed by atoms with Gasteiger partial charge >= 0.3 is 0 Å². The third kappa shape index (κ3) is 3.98. The van der Waals surface area contributed by atoms with Gasteiger partial charge in [-0.3, -0.25) is 4.99 Å². The number of hydrogen-bond acceptors (Lipinski definition) is 2. The minimum absolute atomic E-state index is 0.550. The molecule has 0 aromatic carbocycles.